The third-order valence-electron chi connectivity index (χ3n) is 4.02. The Bertz CT molecular complexity index is 800. The maximum Gasteiger partial charge on any atom is 0.321 e. The second-order valence-electron chi connectivity index (χ2n) is 5.68. The van der Waals surface area contributed by atoms with Gasteiger partial charge in [0.15, 0.2) is 17.0 Å². The van der Waals surface area contributed by atoms with Crippen LogP contribution in [-0.2, 0) is 7.05 Å². The predicted octanol–water partition coefficient (Wildman–Crippen LogP) is 1.37. The van der Waals surface area contributed by atoms with Gasteiger partial charge in [-0.25, -0.2) is 9.78 Å². The Morgan fingerprint density at radius 1 is 1.25 bits per heavy atom. The summed E-state index contributed by atoms with van der Waals surface area (Å²) in [6.45, 7) is 4.11. The van der Waals surface area contributed by atoms with E-state index in [2.05, 4.69) is 36.6 Å². The lowest BCUT2D eigenvalue weighted by molar-refractivity contribution is 0.252. The average Bonchev–Trinajstić information content (AvgIpc) is 2.91. The number of amides is 2. The van der Waals surface area contributed by atoms with Gasteiger partial charge in [-0.1, -0.05) is 0 Å². The third kappa shape index (κ3) is 2.95. The molecule has 0 aliphatic carbocycles. The zero-order valence-electron chi connectivity index (χ0n) is 13.8. The van der Waals surface area contributed by atoms with Crippen LogP contribution in [0.1, 0.15) is 32.0 Å². The van der Waals surface area contributed by atoms with E-state index in [0.717, 1.165) is 25.9 Å². The molecule has 2 aromatic rings. The van der Waals surface area contributed by atoms with Crippen molar-refractivity contribution in [3.05, 3.63) is 5.82 Å². The standard InChI is InChI=1S/C15H20N8O/c1-3-17-15(24)21-14-19-12-11(18-10(9-16)22(12)2)13(20-14)23-7-5-4-6-8-23/h3-8H2,1-2H3,(H2,17,19,20,21,24). The highest BCUT2D eigenvalue weighted by atomic mass is 16.2. The molecule has 0 bridgehead atoms. The fraction of sp³-hybridized carbons (Fsp3) is 0.533. The van der Waals surface area contributed by atoms with E-state index < -0.39 is 0 Å². The molecule has 2 aromatic heterocycles. The Kier molecular flexibility index (Phi) is 4.46. The molecule has 9 nitrogen and oxygen atoms in total. The number of rotatable bonds is 3. The highest BCUT2D eigenvalue weighted by molar-refractivity contribution is 5.91. The second-order valence-corrected chi connectivity index (χ2v) is 5.68. The van der Waals surface area contributed by atoms with Crippen molar-refractivity contribution in [1.82, 2.24) is 24.8 Å². The number of anilines is 2. The molecule has 2 N–H and O–H groups in total. The number of urea groups is 1. The molecule has 1 aliphatic heterocycles. The molecule has 0 unspecified atom stereocenters. The normalized spacial score (nSPS) is 14.5. The van der Waals surface area contributed by atoms with Gasteiger partial charge in [0.1, 0.15) is 6.07 Å². The fourth-order valence-electron chi connectivity index (χ4n) is 2.83. The zero-order valence-corrected chi connectivity index (χ0v) is 13.8. The van der Waals surface area contributed by atoms with Crippen LogP contribution < -0.4 is 15.5 Å². The van der Waals surface area contributed by atoms with E-state index in [1.54, 1.807) is 11.6 Å². The number of carbonyl (C=O) groups excluding carboxylic acids is 1. The summed E-state index contributed by atoms with van der Waals surface area (Å²) in [6, 6.07) is 1.70. The van der Waals surface area contributed by atoms with Crippen molar-refractivity contribution >= 4 is 29.0 Å². The van der Waals surface area contributed by atoms with E-state index >= 15 is 0 Å². The lowest BCUT2D eigenvalue weighted by atomic mass is 10.1. The number of hydrogen-bond donors (Lipinski definition) is 2. The number of aromatic nitrogens is 4. The smallest absolute Gasteiger partial charge is 0.321 e. The molecule has 1 saturated heterocycles. The van der Waals surface area contributed by atoms with Gasteiger partial charge in [0.25, 0.3) is 0 Å². The molecule has 24 heavy (non-hydrogen) atoms. The molecule has 0 aromatic carbocycles. The molecule has 0 saturated carbocycles. The molecule has 2 amide bonds. The molecule has 1 aliphatic rings. The number of piperidine rings is 1. The van der Waals surface area contributed by atoms with Crippen LogP contribution in [0.2, 0.25) is 0 Å². The maximum absolute atomic E-state index is 11.8. The lowest BCUT2D eigenvalue weighted by Gasteiger charge is -2.27. The van der Waals surface area contributed by atoms with Crippen molar-refractivity contribution in [3.8, 4) is 6.07 Å². The Balaban J connectivity index is 2.08. The number of carbonyl (C=O) groups is 1. The third-order valence-corrected chi connectivity index (χ3v) is 4.02. The molecule has 0 spiro atoms. The molecule has 3 rings (SSSR count). The van der Waals surface area contributed by atoms with Crippen molar-refractivity contribution in [1.29, 1.82) is 5.26 Å². The SMILES string of the molecule is CCNC(=O)Nc1nc(N2CCCCC2)c2nc(C#N)n(C)c2n1. The molecule has 9 heteroatoms. The highest BCUT2D eigenvalue weighted by Gasteiger charge is 2.22. The summed E-state index contributed by atoms with van der Waals surface area (Å²) < 4.78 is 1.62. The Labute approximate surface area is 139 Å². The number of imidazole rings is 1. The van der Waals surface area contributed by atoms with Crippen LogP contribution in [-0.4, -0.2) is 45.2 Å². The van der Waals surface area contributed by atoms with Crippen LogP contribution in [0.3, 0.4) is 0 Å². The summed E-state index contributed by atoms with van der Waals surface area (Å²) in [7, 11) is 1.73. The van der Waals surface area contributed by atoms with Crippen molar-refractivity contribution in [2.45, 2.75) is 26.2 Å². The van der Waals surface area contributed by atoms with Crippen LogP contribution in [0.5, 0.6) is 0 Å². The van der Waals surface area contributed by atoms with Crippen LogP contribution in [0, 0.1) is 11.3 Å². The van der Waals surface area contributed by atoms with Crippen molar-refractivity contribution in [3.63, 3.8) is 0 Å². The van der Waals surface area contributed by atoms with Crippen LogP contribution in [0.25, 0.3) is 11.2 Å². The van der Waals surface area contributed by atoms with Crippen LogP contribution >= 0.6 is 0 Å². The minimum atomic E-state index is -0.357. The van der Waals surface area contributed by atoms with E-state index in [4.69, 9.17) is 0 Å². The first-order chi connectivity index (χ1) is 11.6. The summed E-state index contributed by atoms with van der Waals surface area (Å²) in [5.41, 5.74) is 1.13. The monoisotopic (exact) mass is 328 g/mol. The van der Waals surface area contributed by atoms with E-state index in [-0.39, 0.29) is 17.8 Å². The lowest BCUT2D eigenvalue weighted by Crippen LogP contribution is -2.32. The van der Waals surface area contributed by atoms with Crippen molar-refractivity contribution in [2.24, 2.45) is 7.05 Å². The molecule has 0 atom stereocenters. The largest absolute Gasteiger partial charge is 0.355 e. The number of nitrogens with one attached hydrogen (secondary N) is 2. The number of fused-ring (bicyclic) bond motifs is 1. The molecule has 126 valence electrons. The van der Waals surface area contributed by atoms with Crippen LogP contribution in [0.15, 0.2) is 0 Å². The summed E-state index contributed by atoms with van der Waals surface area (Å²) in [5.74, 6) is 1.15. The Morgan fingerprint density at radius 3 is 2.67 bits per heavy atom. The number of nitriles is 1. The molecular formula is C15H20N8O. The number of hydrogen-bond acceptors (Lipinski definition) is 6. The number of nitrogens with zero attached hydrogens (tertiary/aromatic N) is 6. The Morgan fingerprint density at radius 2 is 2.00 bits per heavy atom. The van der Waals surface area contributed by atoms with Gasteiger partial charge in [-0.2, -0.15) is 15.2 Å². The summed E-state index contributed by atoms with van der Waals surface area (Å²) in [5, 5.41) is 14.5. The molecular weight excluding hydrogens is 308 g/mol. The average molecular weight is 328 g/mol. The first kappa shape index (κ1) is 16.0. The first-order valence-corrected chi connectivity index (χ1v) is 8.08. The summed E-state index contributed by atoms with van der Waals surface area (Å²) in [6.07, 6.45) is 3.37. The van der Waals surface area contributed by atoms with Gasteiger partial charge in [0.2, 0.25) is 11.8 Å². The molecule has 3 heterocycles. The van der Waals surface area contributed by atoms with Crippen LogP contribution in [0.4, 0.5) is 16.6 Å². The van der Waals surface area contributed by atoms with E-state index in [0.29, 0.717) is 23.5 Å². The topological polar surface area (TPSA) is 112 Å². The van der Waals surface area contributed by atoms with Gasteiger partial charge in [0, 0.05) is 26.7 Å². The second kappa shape index (κ2) is 6.70. The minimum Gasteiger partial charge on any atom is -0.355 e. The summed E-state index contributed by atoms with van der Waals surface area (Å²) in [4.78, 5) is 27.2. The van der Waals surface area contributed by atoms with Gasteiger partial charge in [-0.3, -0.25) is 5.32 Å². The van der Waals surface area contributed by atoms with Gasteiger partial charge < -0.3 is 14.8 Å². The van der Waals surface area contributed by atoms with Crippen molar-refractivity contribution in [2.75, 3.05) is 29.9 Å². The maximum atomic E-state index is 11.8. The summed E-state index contributed by atoms with van der Waals surface area (Å²) >= 11 is 0. The van der Waals surface area contributed by atoms with E-state index in [1.165, 1.54) is 6.42 Å². The van der Waals surface area contributed by atoms with Gasteiger partial charge in [0.05, 0.1) is 0 Å². The van der Waals surface area contributed by atoms with Gasteiger partial charge in [-0.05, 0) is 26.2 Å². The van der Waals surface area contributed by atoms with E-state index in [1.807, 2.05) is 6.92 Å². The van der Waals surface area contributed by atoms with E-state index in [9.17, 15) is 10.1 Å². The quantitative estimate of drug-likeness (QED) is 0.880. The molecule has 1 fully saturated rings. The first-order valence-electron chi connectivity index (χ1n) is 8.08. The van der Waals surface area contributed by atoms with Gasteiger partial charge in [-0.15, -0.1) is 0 Å². The highest BCUT2D eigenvalue weighted by Crippen LogP contribution is 2.27. The number of aryl methyl sites for hydroxylation is 1. The Hall–Kier alpha value is -2.89. The predicted molar refractivity (Wildman–Crippen MR) is 89.8 cm³/mol. The fourth-order valence-corrected chi connectivity index (χ4v) is 2.83. The van der Waals surface area contributed by atoms with Crippen molar-refractivity contribution < 1.29 is 4.79 Å². The zero-order chi connectivity index (χ0) is 17.1. The minimum absolute atomic E-state index is 0.210. The molecule has 0 radical (unpaired) electrons. The van der Waals surface area contributed by atoms with Gasteiger partial charge >= 0.3 is 6.03 Å².